The molecule has 5 heteroatoms. The van der Waals surface area contributed by atoms with Crippen LogP contribution in [-0.4, -0.2) is 16.0 Å². The number of rotatable bonds is 2. The molecule has 1 aliphatic rings. The van der Waals surface area contributed by atoms with Crippen LogP contribution in [0, 0.1) is 12.8 Å². The Hall–Kier alpha value is -1.03. The smallest absolute Gasteiger partial charge is 0.224 e. The van der Waals surface area contributed by atoms with E-state index in [-0.39, 0.29) is 5.28 Å². The average molecular weight is 241 g/mol. The molecule has 16 heavy (non-hydrogen) atoms. The van der Waals surface area contributed by atoms with Gasteiger partial charge >= 0.3 is 0 Å². The molecule has 0 spiro atoms. The van der Waals surface area contributed by atoms with E-state index in [0.29, 0.717) is 23.5 Å². The van der Waals surface area contributed by atoms with Gasteiger partial charge in [-0.1, -0.05) is 13.3 Å². The van der Waals surface area contributed by atoms with Crippen LogP contribution in [0.2, 0.25) is 5.28 Å². The summed E-state index contributed by atoms with van der Waals surface area (Å²) in [5, 5.41) is 3.63. The topological polar surface area (TPSA) is 63.8 Å². The molecule has 1 aromatic heterocycles. The summed E-state index contributed by atoms with van der Waals surface area (Å²) in [6, 6.07) is 0.452. The molecule has 4 nitrogen and oxygen atoms in total. The van der Waals surface area contributed by atoms with Crippen LogP contribution in [0.25, 0.3) is 0 Å². The van der Waals surface area contributed by atoms with Crippen LogP contribution in [0.15, 0.2) is 0 Å². The van der Waals surface area contributed by atoms with Crippen LogP contribution in [0.3, 0.4) is 0 Å². The first-order chi connectivity index (χ1) is 7.58. The van der Waals surface area contributed by atoms with E-state index >= 15 is 0 Å². The highest BCUT2D eigenvalue weighted by atomic mass is 35.5. The highest BCUT2D eigenvalue weighted by Gasteiger charge is 2.24. The second-order valence-electron chi connectivity index (χ2n) is 4.50. The van der Waals surface area contributed by atoms with Crippen molar-refractivity contribution in [2.75, 3.05) is 11.1 Å². The normalized spacial score (nSPS) is 24.7. The first-order valence-electron chi connectivity index (χ1n) is 5.64. The maximum absolute atomic E-state index is 5.93. The van der Waals surface area contributed by atoms with Crippen molar-refractivity contribution in [2.45, 2.75) is 39.2 Å². The summed E-state index contributed by atoms with van der Waals surface area (Å²) in [5.74, 6) is 1.34. The van der Waals surface area contributed by atoms with Crippen molar-refractivity contribution in [2.24, 2.45) is 5.92 Å². The summed E-state index contributed by atoms with van der Waals surface area (Å²) in [6.07, 6.45) is 3.69. The molecule has 0 radical (unpaired) electrons. The van der Waals surface area contributed by atoms with E-state index < -0.39 is 0 Å². The number of hydrogen-bond acceptors (Lipinski definition) is 4. The SMILES string of the molecule is Cc1nc(Cl)nc(NC2CCCC2C)c1N. The van der Waals surface area contributed by atoms with Gasteiger partial charge < -0.3 is 11.1 Å². The van der Waals surface area contributed by atoms with Gasteiger partial charge in [-0.2, -0.15) is 4.98 Å². The largest absolute Gasteiger partial charge is 0.394 e. The summed E-state index contributed by atoms with van der Waals surface area (Å²) in [4.78, 5) is 8.17. The van der Waals surface area contributed by atoms with Gasteiger partial charge in [-0.15, -0.1) is 0 Å². The van der Waals surface area contributed by atoms with Gasteiger partial charge in [-0.3, -0.25) is 0 Å². The quantitative estimate of drug-likeness (QED) is 0.780. The van der Waals surface area contributed by atoms with Gasteiger partial charge in [0.25, 0.3) is 0 Å². The third-order valence-electron chi connectivity index (χ3n) is 3.29. The molecule has 1 aromatic rings. The number of nitrogens with two attached hydrogens (primary N) is 1. The molecular formula is C11H17ClN4. The van der Waals surface area contributed by atoms with E-state index in [1.54, 1.807) is 0 Å². The zero-order valence-corrected chi connectivity index (χ0v) is 10.4. The third kappa shape index (κ3) is 2.21. The van der Waals surface area contributed by atoms with Crippen LogP contribution < -0.4 is 11.1 Å². The fourth-order valence-corrected chi connectivity index (χ4v) is 2.40. The Morgan fingerprint density at radius 3 is 2.75 bits per heavy atom. The second-order valence-corrected chi connectivity index (χ2v) is 4.84. The number of nitrogens with zero attached hydrogens (tertiary/aromatic N) is 2. The van der Waals surface area contributed by atoms with E-state index in [2.05, 4.69) is 22.2 Å². The molecule has 3 N–H and O–H groups in total. The number of aryl methyl sites for hydroxylation is 1. The molecule has 0 saturated heterocycles. The van der Waals surface area contributed by atoms with Gasteiger partial charge in [-0.25, -0.2) is 4.98 Å². The molecule has 2 rings (SSSR count). The Morgan fingerprint density at radius 2 is 2.12 bits per heavy atom. The molecular weight excluding hydrogens is 224 g/mol. The van der Waals surface area contributed by atoms with Crippen molar-refractivity contribution < 1.29 is 0 Å². The third-order valence-corrected chi connectivity index (χ3v) is 3.46. The Kier molecular flexibility index (Phi) is 3.19. The van der Waals surface area contributed by atoms with E-state index in [9.17, 15) is 0 Å². The van der Waals surface area contributed by atoms with Gasteiger partial charge in [0.2, 0.25) is 5.28 Å². The minimum absolute atomic E-state index is 0.250. The zero-order valence-electron chi connectivity index (χ0n) is 9.63. The summed E-state index contributed by atoms with van der Waals surface area (Å²) in [6.45, 7) is 4.09. The molecule has 0 amide bonds. The summed E-state index contributed by atoms with van der Waals surface area (Å²) in [7, 11) is 0. The van der Waals surface area contributed by atoms with Crippen molar-refractivity contribution in [3.8, 4) is 0 Å². The van der Waals surface area contributed by atoms with Gasteiger partial charge in [-0.05, 0) is 37.3 Å². The number of anilines is 2. The average Bonchev–Trinajstić information content (AvgIpc) is 2.60. The molecule has 1 heterocycles. The molecule has 2 unspecified atom stereocenters. The predicted molar refractivity (Wildman–Crippen MR) is 66.6 cm³/mol. The Balaban J connectivity index is 2.20. The summed E-state index contributed by atoms with van der Waals surface area (Å²) >= 11 is 5.83. The summed E-state index contributed by atoms with van der Waals surface area (Å²) < 4.78 is 0. The van der Waals surface area contributed by atoms with E-state index in [0.717, 1.165) is 5.69 Å². The molecule has 1 fully saturated rings. The lowest BCUT2D eigenvalue weighted by molar-refractivity contribution is 0.555. The van der Waals surface area contributed by atoms with Crippen molar-refractivity contribution in [3.63, 3.8) is 0 Å². The number of hydrogen-bond donors (Lipinski definition) is 2. The van der Waals surface area contributed by atoms with Gasteiger partial charge in [0.15, 0.2) is 5.82 Å². The highest BCUT2D eigenvalue weighted by Crippen LogP contribution is 2.30. The van der Waals surface area contributed by atoms with Gasteiger partial charge in [0.1, 0.15) is 0 Å². The standard InChI is InChI=1S/C11H17ClN4/c1-6-4-3-5-8(6)15-10-9(13)7(2)14-11(12)16-10/h6,8H,3-5,13H2,1-2H3,(H,14,15,16). The van der Waals surface area contributed by atoms with Gasteiger partial charge in [0.05, 0.1) is 11.4 Å². The van der Waals surface area contributed by atoms with Crippen molar-refractivity contribution in [1.82, 2.24) is 9.97 Å². The van der Waals surface area contributed by atoms with E-state index in [1.165, 1.54) is 19.3 Å². The molecule has 1 saturated carbocycles. The molecule has 0 aromatic carbocycles. The van der Waals surface area contributed by atoms with Crippen LogP contribution in [0.4, 0.5) is 11.5 Å². The van der Waals surface area contributed by atoms with Crippen molar-refractivity contribution in [1.29, 1.82) is 0 Å². The lowest BCUT2D eigenvalue weighted by Gasteiger charge is -2.19. The Labute approximate surface area is 101 Å². The van der Waals surface area contributed by atoms with Crippen LogP contribution >= 0.6 is 11.6 Å². The lowest BCUT2D eigenvalue weighted by atomic mass is 10.1. The number of nitrogens with one attached hydrogen (secondary N) is 1. The first-order valence-corrected chi connectivity index (χ1v) is 6.02. The predicted octanol–water partition coefficient (Wildman–Crippen LogP) is 2.62. The minimum Gasteiger partial charge on any atom is -0.394 e. The van der Waals surface area contributed by atoms with Crippen LogP contribution in [-0.2, 0) is 0 Å². The Bertz CT molecular complexity index is 394. The zero-order chi connectivity index (χ0) is 11.7. The van der Waals surface area contributed by atoms with E-state index in [1.807, 2.05) is 6.92 Å². The maximum Gasteiger partial charge on any atom is 0.224 e. The molecule has 2 atom stereocenters. The van der Waals surface area contributed by atoms with Crippen molar-refractivity contribution >= 4 is 23.1 Å². The molecule has 0 aliphatic heterocycles. The summed E-state index contributed by atoms with van der Waals surface area (Å²) in [5.41, 5.74) is 7.26. The fraction of sp³-hybridized carbons (Fsp3) is 0.636. The lowest BCUT2D eigenvalue weighted by Crippen LogP contribution is -2.23. The maximum atomic E-state index is 5.93. The van der Waals surface area contributed by atoms with Crippen LogP contribution in [0.1, 0.15) is 31.9 Å². The fourth-order valence-electron chi connectivity index (χ4n) is 2.19. The Morgan fingerprint density at radius 1 is 1.38 bits per heavy atom. The minimum atomic E-state index is 0.250. The number of halogens is 1. The van der Waals surface area contributed by atoms with Gasteiger partial charge in [0, 0.05) is 6.04 Å². The molecule has 1 aliphatic carbocycles. The number of aromatic nitrogens is 2. The van der Waals surface area contributed by atoms with Crippen LogP contribution in [0.5, 0.6) is 0 Å². The monoisotopic (exact) mass is 240 g/mol. The highest BCUT2D eigenvalue weighted by molar-refractivity contribution is 6.28. The number of nitrogen functional groups attached to an aromatic ring is 1. The van der Waals surface area contributed by atoms with Crippen molar-refractivity contribution in [3.05, 3.63) is 11.0 Å². The molecule has 0 bridgehead atoms. The second kappa shape index (κ2) is 4.45. The molecule has 88 valence electrons. The first kappa shape index (κ1) is 11.5. The van der Waals surface area contributed by atoms with E-state index in [4.69, 9.17) is 17.3 Å².